The van der Waals surface area contributed by atoms with E-state index in [1.807, 2.05) is 18.2 Å². The van der Waals surface area contributed by atoms with Gasteiger partial charge in [-0.3, -0.25) is 0 Å². The van der Waals surface area contributed by atoms with E-state index in [9.17, 15) is 0 Å². The third-order valence-corrected chi connectivity index (χ3v) is 4.37. The van der Waals surface area contributed by atoms with E-state index in [0.717, 1.165) is 11.3 Å². The van der Waals surface area contributed by atoms with Crippen LogP contribution in [-0.4, -0.2) is 7.11 Å². The Morgan fingerprint density at radius 1 is 1.05 bits per heavy atom. The molecule has 0 saturated heterocycles. The van der Waals surface area contributed by atoms with Gasteiger partial charge in [0, 0.05) is 5.02 Å². The van der Waals surface area contributed by atoms with Crippen molar-refractivity contribution in [1.29, 1.82) is 0 Å². The molecule has 0 aromatic heterocycles. The highest BCUT2D eigenvalue weighted by Crippen LogP contribution is 2.37. The Morgan fingerprint density at radius 3 is 2.21 bits per heavy atom. The van der Waals surface area contributed by atoms with E-state index in [-0.39, 0.29) is 4.83 Å². The number of hydrogen-bond acceptors (Lipinski definition) is 1. The molecule has 0 aliphatic heterocycles. The molecular weight excluding hydrogens is 324 g/mol. The van der Waals surface area contributed by atoms with Crippen LogP contribution in [0.5, 0.6) is 5.75 Å². The number of rotatable bonds is 3. The summed E-state index contributed by atoms with van der Waals surface area (Å²) < 4.78 is 5.17. The zero-order valence-electron chi connectivity index (χ0n) is 11.2. The highest BCUT2D eigenvalue weighted by atomic mass is 79.9. The van der Waals surface area contributed by atoms with E-state index < -0.39 is 0 Å². The van der Waals surface area contributed by atoms with Gasteiger partial charge in [0.25, 0.3) is 0 Å². The molecule has 3 heteroatoms. The van der Waals surface area contributed by atoms with E-state index in [4.69, 9.17) is 16.3 Å². The molecule has 0 amide bonds. The van der Waals surface area contributed by atoms with Gasteiger partial charge >= 0.3 is 0 Å². The molecule has 2 aromatic rings. The Labute approximate surface area is 127 Å². The van der Waals surface area contributed by atoms with Crippen LogP contribution in [0.25, 0.3) is 0 Å². The standard InChI is InChI=1S/C16H16BrClO/c1-10-6-11(2)8-12(7-10)16(17)14-5-4-13(19-3)9-15(14)18/h4-9,16H,1-3H3. The summed E-state index contributed by atoms with van der Waals surface area (Å²) in [6.07, 6.45) is 0. The summed E-state index contributed by atoms with van der Waals surface area (Å²) >= 11 is 10.1. The maximum Gasteiger partial charge on any atom is 0.120 e. The quantitative estimate of drug-likeness (QED) is 0.676. The fraction of sp³-hybridized carbons (Fsp3) is 0.250. The highest BCUT2D eigenvalue weighted by molar-refractivity contribution is 9.09. The molecule has 1 nitrogen and oxygen atoms in total. The molecule has 0 spiro atoms. The number of halogens is 2. The number of benzene rings is 2. The fourth-order valence-electron chi connectivity index (χ4n) is 2.18. The van der Waals surface area contributed by atoms with Crippen molar-refractivity contribution in [2.45, 2.75) is 18.7 Å². The van der Waals surface area contributed by atoms with Gasteiger partial charge in [0.05, 0.1) is 11.9 Å². The van der Waals surface area contributed by atoms with Crippen molar-refractivity contribution >= 4 is 27.5 Å². The van der Waals surface area contributed by atoms with Crippen molar-refractivity contribution in [3.63, 3.8) is 0 Å². The Morgan fingerprint density at radius 2 is 1.68 bits per heavy atom. The number of ether oxygens (including phenoxy) is 1. The zero-order chi connectivity index (χ0) is 14.0. The Bertz CT molecular complexity index is 575. The first-order chi connectivity index (χ1) is 9.01. The molecule has 0 saturated carbocycles. The first-order valence-corrected chi connectivity index (χ1v) is 7.36. The normalized spacial score (nSPS) is 12.3. The SMILES string of the molecule is COc1ccc(C(Br)c2cc(C)cc(C)c2)c(Cl)c1. The highest BCUT2D eigenvalue weighted by Gasteiger charge is 2.15. The lowest BCUT2D eigenvalue weighted by Gasteiger charge is -2.15. The lowest BCUT2D eigenvalue weighted by molar-refractivity contribution is 0.414. The molecule has 0 radical (unpaired) electrons. The topological polar surface area (TPSA) is 9.23 Å². The molecule has 0 fully saturated rings. The van der Waals surface area contributed by atoms with Crippen LogP contribution in [0, 0.1) is 13.8 Å². The van der Waals surface area contributed by atoms with Crippen molar-refractivity contribution in [2.75, 3.05) is 7.11 Å². The van der Waals surface area contributed by atoms with Gasteiger partial charge in [-0.2, -0.15) is 0 Å². The minimum Gasteiger partial charge on any atom is -0.497 e. The van der Waals surface area contributed by atoms with E-state index in [1.165, 1.54) is 16.7 Å². The third kappa shape index (κ3) is 3.31. The lowest BCUT2D eigenvalue weighted by Crippen LogP contribution is -1.96. The Kier molecular flexibility index (Phi) is 4.54. The van der Waals surface area contributed by atoms with Crippen LogP contribution in [0.2, 0.25) is 5.02 Å². The molecule has 0 aliphatic rings. The average Bonchev–Trinajstić information content (AvgIpc) is 2.36. The largest absolute Gasteiger partial charge is 0.497 e. The molecule has 2 rings (SSSR count). The maximum absolute atomic E-state index is 6.32. The summed E-state index contributed by atoms with van der Waals surface area (Å²) in [6, 6.07) is 12.3. The van der Waals surface area contributed by atoms with Gasteiger partial charge in [-0.15, -0.1) is 0 Å². The van der Waals surface area contributed by atoms with Gasteiger partial charge in [-0.05, 0) is 37.1 Å². The van der Waals surface area contributed by atoms with Gasteiger partial charge in [0.1, 0.15) is 5.75 Å². The predicted octanol–water partition coefficient (Wildman–Crippen LogP) is 5.45. The Hall–Kier alpha value is -0.990. The van der Waals surface area contributed by atoms with Gasteiger partial charge in [0.15, 0.2) is 0 Å². The Balaban J connectivity index is 2.40. The molecule has 0 N–H and O–H groups in total. The second kappa shape index (κ2) is 5.98. The molecule has 2 aromatic carbocycles. The average molecular weight is 340 g/mol. The van der Waals surface area contributed by atoms with E-state index in [0.29, 0.717) is 5.02 Å². The summed E-state index contributed by atoms with van der Waals surface area (Å²) in [5.74, 6) is 0.772. The van der Waals surface area contributed by atoms with Crippen LogP contribution >= 0.6 is 27.5 Å². The van der Waals surface area contributed by atoms with Crippen LogP contribution in [-0.2, 0) is 0 Å². The zero-order valence-corrected chi connectivity index (χ0v) is 13.5. The van der Waals surface area contributed by atoms with Crippen molar-refractivity contribution in [2.24, 2.45) is 0 Å². The summed E-state index contributed by atoms with van der Waals surface area (Å²) in [4.78, 5) is 0.0875. The number of methoxy groups -OCH3 is 1. The molecular formula is C16H16BrClO. The van der Waals surface area contributed by atoms with E-state index >= 15 is 0 Å². The molecule has 1 unspecified atom stereocenters. The molecule has 0 heterocycles. The molecule has 1 atom stereocenters. The van der Waals surface area contributed by atoms with E-state index in [2.05, 4.69) is 48.0 Å². The number of alkyl halides is 1. The summed E-state index contributed by atoms with van der Waals surface area (Å²) in [5.41, 5.74) is 4.77. The molecule has 100 valence electrons. The second-order valence-corrected chi connectivity index (χ2v) is 5.99. The van der Waals surface area contributed by atoms with Crippen LogP contribution in [0.3, 0.4) is 0 Å². The van der Waals surface area contributed by atoms with Crippen LogP contribution in [0.4, 0.5) is 0 Å². The van der Waals surface area contributed by atoms with E-state index in [1.54, 1.807) is 7.11 Å². The smallest absolute Gasteiger partial charge is 0.120 e. The molecule has 0 bridgehead atoms. The molecule has 0 aliphatic carbocycles. The minimum atomic E-state index is 0.0875. The number of hydrogen-bond donors (Lipinski definition) is 0. The fourth-order valence-corrected chi connectivity index (χ4v) is 3.25. The van der Waals surface area contributed by atoms with Crippen molar-refractivity contribution < 1.29 is 4.74 Å². The van der Waals surface area contributed by atoms with Crippen LogP contribution in [0.15, 0.2) is 36.4 Å². The van der Waals surface area contributed by atoms with Gasteiger partial charge in [0.2, 0.25) is 0 Å². The summed E-state index contributed by atoms with van der Waals surface area (Å²) in [6.45, 7) is 4.21. The lowest BCUT2D eigenvalue weighted by atomic mass is 10.0. The predicted molar refractivity (Wildman–Crippen MR) is 84.7 cm³/mol. The van der Waals surface area contributed by atoms with Crippen molar-refractivity contribution in [3.05, 3.63) is 63.7 Å². The summed E-state index contributed by atoms with van der Waals surface area (Å²) in [5, 5.41) is 0.709. The monoisotopic (exact) mass is 338 g/mol. The first kappa shape index (κ1) is 14.4. The van der Waals surface area contributed by atoms with Gasteiger partial charge in [-0.25, -0.2) is 0 Å². The van der Waals surface area contributed by atoms with Gasteiger partial charge < -0.3 is 4.74 Å². The number of aryl methyl sites for hydroxylation is 2. The first-order valence-electron chi connectivity index (χ1n) is 6.07. The third-order valence-electron chi connectivity index (χ3n) is 3.02. The molecule has 19 heavy (non-hydrogen) atoms. The van der Waals surface area contributed by atoms with Gasteiger partial charge in [-0.1, -0.05) is 62.9 Å². The minimum absolute atomic E-state index is 0.0875. The van der Waals surface area contributed by atoms with Crippen LogP contribution in [0.1, 0.15) is 27.1 Å². The summed E-state index contributed by atoms with van der Waals surface area (Å²) in [7, 11) is 1.64. The maximum atomic E-state index is 6.32. The van der Waals surface area contributed by atoms with Crippen molar-refractivity contribution in [3.8, 4) is 5.75 Å². The second-order valence-electron chi connectivity index (χ2n) is 4.67. The van der Waals surface area contributed by atoms with Crippen LogP contribution < -0.4 is 4.74 Å². The van der Waals surface area contributed by atoms with Crippen molar-refractivity contribution in [1.82, 2.24) is 0 Å².